The van der Waals surface area contributed by atoms with Gasteiger partial charge < -0.3 is 15.1 Å². The zero-order chi connectivity index (χ0) is 13.2. The molecular weight excluding hydrogens is 222 g/mol. The van der Waals surface area contributed by atoms with Gasteiger partial charge in [-0.05, 0) is 71.8 Å². The fourth-order valence-electron chi connectivity index (χ4n) is 3.73. The van der Waals surface area contributed by atoms with Crippen molar-refractivity contribution >= 4 is 0 Å². The summed E-state index contributed by atoms with van der Waals surface area (Å²) >= 11 is 0. The Morgan fingerprint density at radius 1 is 0.944 bits per heavy atom. The Balaban J connectivity index is 1.86. The normalized spacial score (nSPS) is 26.3. The van der Waals surface area contributed by atoms with E-state index in [2.05, 4.69) is 43.2 Å². The molecular formula is C15H31N3. The van der Waals surface area contributed by atoms with Crippen molar-refractivity contribution in [1.82, 2.24) is 15.1 Å². The lowest BCUT2D eigenvalue weighted by Gasteiger charge is -2.50. The number of hydrogen-bond acceptors (Lipinski definition) is 3. The Bertz CT molecular complexity index is 265. The van der Waals surface area contributed by atoms with Crippen LogP contribution in [0.15, 0.2) is 0 Å². The Morgan fingerprint density at radius 3 is 2.00 bits per heavy atom. The van der Waals surface area contributed by atoms with Crippen LogP contribution >= 0.6 is 0 Å². The third kappa shape index (κ3) is 3.06. The number of rotatable bonds is 5. The van der Waals surface area contributed by atoms with Crippen LogP contribution in [-0.4, -0.2) is 62.7 Å². The van der Waals surface area contributed by atoms with Crippen LogP contribution in [0.25, 0.3) is 0 Å². The van der Waals surface area contributed by atoms with Crippen molar-refractivity contribution in [1.29, 1.82) is 0 Å². The van der Waals surface area contributed by atoms with E-state index in [4.69, 9.17) is 0 Å². The summed E-state index contributed by atoms with van der Waals surface area (Å²) in [7, 11) is 6.81. The molecule has 0 bridgehead atoms. The smallest absolute Gasteiger partial charge is 0.0330 e. The molecule has 0 radical (unpaired) electrons. The Kier molecular flexibility index (Phi) is 4.35. The monoisotopic (exact) mass is 253 g/mol. The second-order valence-corrected chi connectivity index (χ2v) is 7.21. The van der Waals surface area contributed by atoms with Crippen molar-refractivity contribution in [3.8, 4) is 0 Å². The number of nitrogens with one attached hydrogen (secondary N) is 1. The maximum atomic E-state index is 3.48. The summed E-state index contributed by atoms with van der Waals surface area (Å²) in [6.45, 7) is 7.35. The lowest BCUT2D eigenvalue weighted by Crippen LogP contribution is -2.57. The van der Waals surface area contributed by atoms with Gasteiger partial charge in [-0.3, -0.25) is 0 Å². The van der Waals surface area contributed by atoms with Gasteiger partial charge in [-0.25, -0.2) is 0 Å². The van der Waals surface area contributed by atoms with E-state index < -0.39 is 0 Å². The summed E-state index contributed by atoms with van der Waals surface area (Å²) in [6.07, 6.45) is 6.82. The third-order valence-electron chi connectivity index (χ3n) is 5.26. The second kappa shape index (κ2) is 5.48. The molecule has 0 aromatic carbocycles. The average Bonchev–Trinajstić information content (AvgIpc) is 2.23. The molecule has 2 fully saturated rings. The number of hydrogen-bond donors (Lipinski definition) is 1. The zero-order valence-corrected chi connectivity index (χ0v) is 12.8. The molecule has 0 unspecified atom stereocenters. The molecule has 106 valence electrons. The highest BCUT2D eigenvalue weighted by molar-refractivity contribution is 4.98. The van der Waals surface area contributed by atoms with E-state index in [1.54, 1.807) is 0 Å². The molecule has 18 heavy (non-hydrogen) atoms. The van der Waals surface area contributed by atoms with Gasteiger partial charge in [0.05, 0.1) is 0 Å². The largest absolute Gasteiger partial charge is 0.317 e. The second-order valence-electron chi connectivity index (χ2n) is 7.21. The first-order valence-corrected chi connectivity index (χ1v) is 7.53. The SMILES string of the molecule is CN(CC1(C)CCNCC1)CC1(N(C)C)CCC1. The van der Waals surface area contributed by atoms with Crippen LogP contribution in [0.5, 0.6) is 0 Å². The minimum atomic E-state index is 0.470. The van der Waals surface area contributed by atoms with E-state index >= 15 is 0 Å². The van der Waals surface area contributed by atoms with Gasteiger partial charge in [0.2, 0.25) is 0 Å². The molecule has 3 nitrogen and oxygen atoms in total. The molecule has 0 amide bonds. The highest BCUT2D eigenvalue weighted by Crippen LogP contribution is 2.37. The van der Waals surface area contributed by atoms with Crippen LogP contribution in [0.1, 0.15) is 39.0 Å². The average molecular weight is 253 g/mol. The molecule has 1 saturated heterocycles. The highest BCUT2D eigenvalue weighted by atomic mass is 15.2. The maximum Gasteiger partial charge on any atom is 0.0330 e. The molecule has 0 aromatic rings. The Labute approximate surface area is 113 Å². The van der Waals surface area contributed by atoms with E-state index in [-0.39, 0.29) is 0 Å². The van der Waals surface area contributed by atoms with E-state index in [9.17, 15) is 0 Å². The van der Waals surface area contributed by atoms with Gasteiger partial charge in [0.25, 0.3) is 0 Å². The van der Waals surface area contributed by atoms with E-state index in [0.29, 0.717) is 11.0 Å². The van der Waals surface area contributed by atoms with Crippen molar-refractivity contribution in [2.45, 2.75) is 44.6 Å². The Hall–Kier alpha value is -0.120. The van der Waals surface area contributed by atoms with Crippen LogP contribution in [0.3, 0.4) is 0 Å². The lowest BCUT2D eigenvalue weighted by molar-refractivity contribution is 0.0139. The minimum Gasteiger partial charge on any atom is -0.317 e. The van der Waals surface area contributed by atoms with Gasteiger partial charge >= 0.3 is 0 Å². The lowest BCUT2D eigenvalue weighted by atomic mass is 9.74. The van der Waals surface area contributed by atoms with Crippen LogP contribution in [0, 0.1) is 5.41 Å². The molecule has 1 aliphatic heterocycles. The van der Waals surface area contributed by atoms with Crippen LogP contribution in [0.4, 0.5) is 0 Å². The summed E-state index contributed by atoms with van der Waals surface area (Å²) in [4.78, 5) is 5.04. The summed E-state index contributed by atoms with van der Waals surface area (Å²) in [6, 6.07) is 0. The summed E-state index contributed by atoms with van der Waals surface area (Å²) in [5.74, 6) is 0. The Morgan fingerprint density at radius 2 is 1.56 bits per heavy atom. The molecule has 1 heterocycles. The standard InChI is InChI=1S/C15H31N3/c1-14(8-10-16-11-9-14)12-18(4)13-15(17(2)3)6-5-7-15/h16H,5-13H2,1-4H3. The molecule has 0 aromatic heterocycles. The molecule has 2 rings (SSSR count). The molecule has 2 aliphatic rings. The highest BCUT2D eigenvalue weighted by Gasteiger charge is 2.40. The van der Waals surface area contributed by atoms with Crippen molar-refractivity contribution in [2.24, 2.45) is 5.41 Å². The number of likely N-dealkylation sites (N-methyl/N-ethyl adjacent to an activating group) is 2. The van der Waals surface area contributed by atoms with Gasteiger partial charge in [-0.2, -0.15) is 0 Å². The van der Waals surface area contributed by atoms with Crippen molar-refractivity contribution in [3.63, 3.8) is 0 Å². The molecule has 3 heteroatoms. The minimum absolute atomic E-state index is 0.470. The van der Waals surface area contributed by atoms with Gasteiger partial charge in [0.1, 0.15) is 0 Å². The van der Waals surface area contributed by atoms with Crippen molar-refractivity contribution in [3.05, 3.63) is 0 Å². The molecule has 0 spiro atoms. The van der Waals surface area contributed by atoms with E-state index in [1.165, 1.54) is 58.3 Å². The van der Waals surface area contributed by atoms with E-state index in [0.717, 1.165) is 0 Å². The molecule has 1 saturated carbocycles. The summed E-state index contributed by atoms with van der Waals surface area (Å²) < 4.78 is 0. The van der Waals surface area contributed by atoms with Crippen LogP contribution in [-0.2, 0) is 0 Å². The van der Waals surface area contributed by atoms with Crippen molar-refractivity contribution < 1.29 is 0 Å². The number of piperidine rings is 1. The van der Waals surface area contributed by atoms with Gasteiger partial charge in [-0.1, -0.05) is 6.92 Å². The summed E-state index contributed by atoms with van der Waals surface area (Å²) in [5, 5.41) is 3.48. The van der Waals surface area contributed by atoms with E-state index in [1.807, 2.05) is 0 Å². The number of nitrogens with zero attached hydrogens (tertiary/aromatic N) is 2. The van der Waals surface area contributed by atoms with Crippen molar-refractivity contribution in [2.75, 3.05) is 47.3 Å². The van der Waals surface area contributed by atoms with Crippen LogP contribution in [0.2, 0.25) is 0 Å². The first-order chi connectivity index (χ1) is 8.46. The fourth-order valence-corrected chi connectivity index (χ4v) is 3.73. The van der Waals surface area contributed by atoms with Gasteiger partial charge in [0.15, 0.2) is 0 Å². The molecule has 1 aliphatic carbocycles. The topological polar surface area (TPSA) is 18.5 Å². The maximum absolute atomic E-state index is 3.48. The quantitative estimate of drug-likeness (QED) is 0.806. The first-order valence-electron chi connectivity index (χ1n) is 7.53. The zero-order valence-electron chi connectivity index (χ0n) is 12.8. The van der Waals surface area contributed by atoms with Gasteiger partial charge in [0, 0.05) is 18.6 Å². The third-order valence-corrected chi connectivity index (χ3v) is 5.26. The molecule has 1 N–H and O–H groups in total. The predicted molar refractivity (Wildman–Crippen MR) is 78.0 cm³/mol. The van der Waals surface area contributed by atoms with Crippen LogP contribution < -0.4 is 5.32 Å². The molecule has 0 atom stereocenters. The predicted octanol–water partition coefficient (Wildman–Crippen LogP) is 1.79. The first kappa shape index (κ1) is 14.3. The fraction of sp³-hybridized carbons (Fsp3) is 1.00. The van der Waals surface area contributed by atoms with Gasteiger partial charge in [-0.15, -0.1) is 0 Å². The summed E-state index contributed by atoms with van der Waals surface area (Å²) in [5.41, 5.74) is 0.995.